The summed E-state index contributed by atoms with van der Waals surface area (Å²) >= 11 is 0. The quantitative estimate of drug-likeness (QED) is 0.134. The molecule has 0 aliphatic carbocycles. The van der Waals surface area contributed by atoms with Gasteiger partial charge in [0, 0.05) is 0 Å². The number of hydrogen-bond donors (Lipinski definition) is 4. The van der Waals surface area contributed by atoms with Gasteiger partial charge in [-0.15, -0.1) is 0 Å². The molecule has 0 aliphatic rings. The van der Waals surface area contributed by atoms with Crippen LogP contribution in [0, 0.1) is 46.8 Å². The molecule has 4 N–H and O–H groups in total. The highest BCUT2D eigenvalue weighted by molar-refractivity contribution is 5.93. The Hall–Kier alpha value is -1.63. The van der Waals surface area contributed by atoms with Gasteiger partial charge in [-0.3, -0.25) is 9.59 Å². The van der Waals surface area contributed by atoms with Crippen LogP contribution in [0.3, 0.4) is 0 Å². The molecule has 0 aromatic heterocycles. The predicted octanol–water partition coefficient (Wildman–Crippen LogP) is 6.96. The van der Waals surface area contributed by atoms with E-state index in [9.17, 15) is 34.8 Å². The maximum absolute atomic E-state index is 13.1. The second-order valence-corrected chi connectivity index (χ2v) is 13.2. The van der Waals surface area contributed by atoms with Gasteiger partial charge in [0.05, 0.1) is 5.92 Å². The number of carboxylic acids is 3. The Morgan fingerprint density at radius 3 is 1.19 bits per heavy atom. The van der Waals surface area contributed by atoms with Gasteiger partial charge in [-0.1, -0.05) is 101 Å². The minimum absolute atomic E-state index is 0.0893. The van der Waals surface area contributed by atoms with Crippen molar-refractivity contribution in [2.45, 2.75) is 126 Å². The zero-order valence-electron chi connectivity index (χ0n) is 24.9. The molecule has 5 atom stereocenters. The van der Waals surface area contributed by atoms with Crippen molar-refractivity contribution in [1.29, 1.82) is 0 Å². The highest BCUT2D eigenvalue weighted by Crippen LogP contribution is 2.50. The van der Waals surface area contributed by atoms with E-state index in [0.717, 1.165) is 19.3 Å². The van der Waals surface area contributed by atoms with Crippen LogP contribution in [-0.4, -0.2) is 43.9 Å². The first-order valence-corrected chi connectivity index (χ1v) is 14.3. The molecule has 0 aromatic rings. The van der Waals surface area contributed by atoms with E-state index in [1.807, 2.05) is 20.8 Å². The number of carboxylic acid groups (broad SMARTS) is 3. The summed E-state index contributed by atoms with van der Waals surface area (Å²) in [5, 5.41) is 43.4. The summed E-state index contributed by atoms with van der Waals surface area (Å²) in [5.41, 5.74) is -5.08. The molecule has 0 aliphatic heterocycles. The largest absolute Gasteiger partial charge is 0.481 e. The molecule has 0 bridgehead atoms. The molecule has 0 aromatic carbocycles. The molecule has 0 saturated carbocycles. The van der Waals surface area contributed by atoms with Crippen LogP contribution in [0.4, 0.5) is 0 Å². The minimum Gasteiger partial charge on any atom is -0.481 e. The Kier molecular flexibility index (Phi) is 15.0. The number of rotatable bonds is 20. The third kappa shape index (κ3) is 10.6. The molecule has 0 fully saturated rings. The fourth-order valence-electron chi connectivity index (χ4n) is 5.64. The molecule has 0 rings (SSSR count). The zero-order chi connectivity index (χ0) is 29.1. The SMILES string of the molecule is CC(C)CCC(C)CC(C(=O)O)C(O)(C(=O)O)C(CC(C)CCC(C)C)(CC(C)CCC(C)C)C(=O)O. The maximum atomic E-state index is 13.1. The summed E-state index contributed by atoms with van der Waals surface area (Å²) < 4.78 is 0. The second-order valence-electron chi connectivity index (χ2n) is 13.2. The van der Waals surface area contributed by atoms with Crippen LogP contribution in [-0.2, 0) is 14.4 Å². The number of hydrogen-bond acceptors (Lipinski definition) is 4. The Morgan fingerprint density at radius 2 is 0.919 bits per heavy atom. The molecule has 7 heteroatoms. The average Bonchev–Trinajstić information content (AvgIpc) is 2.76. The van der Waals surface area contributed by atoms with Crippen LogP contribution in [0.1, 0.15) is 120 Å². The smallest absolute Gasteiger partial charge is 0.337 e. The monoisotopic (exact) mass is 528 g/mol. The fourth-order valence-corrected chi connectivity index (χ4v) is 5.64. The van der Waals surface area contributed by atoms with E-state index >= 15 is 0 Å². The van der Waals surface area contributed by atoms with Gasteiger partial charge >= 0.3 is 17.9 Å². The molecule has 0 heterocycles. The summed E-state index contributed by atoms with van der Waals surface area (Å²) in [6.07, 6.45) is 4.24. The van der Waals surface area contributed by atoms with Crippen molar-refractivity contribution in [2.75, 3.05) is 0 Å². The van der Waals surface area contributed by atoms with Gasteiger partial charge in [0.15, 0.2) is 5.60 Å². The Labute approximate surface area is 225 Å². The van der Waals surface area contributed by atoms with Gasteiger partial charge in [-0.2, -0.15) is 0 Å². The van der Waals surface area contributed by atoms with Gasteiger partial charge in [-0.05, 0) is 54.8 Å². The van der Waals surface area contributed by atoms with Crippen LogP contribution < -0.4 is 0 Å². The average molecular weight is 529 g/mol. The van der Waals surface area contributed by atoms with Crippen LogP contribution in [0.25, 0.3) is 0 Å². The van der Waals surface area contributed by atoms with E-state index in [0.29, 0.717) is 37.0 Å². The fraction of sp³-hybridized carbons (Fsp3) is 0.900. The normalized spacial score (nSPS) is 18.7. The van der Waals surface area contributed by atoms with Crippen LogP contribution >= 0.6 is 0 Å². The number of aliphatic carboxylic acids is 3. The van der Waals surface area contributed by atoms with Gasteiger partial charge in [-0.25, -0.2) is 4.79 Å². The van der Waals surface area contributed by atoms with E-state index < -0.39 is 34.8 Å². The van der Waals surface area contributed by atoms with E-state index in [-0.39, 0.29) is 37.0 Å². The van der Waals surface area contributed by atoms with Crippen molar-refractivity contribution < 1.29 is 34.8 Å². The van der Waals surface area contributed by atoms with Crippen molar-refractivity contribution >= 4 is 17.9 Å². The summed E-state index contributed by atoms with van der Waals surface area (Å²) in [6.45, 7) is 18.0. The number of aliphatic hydroxyl groups is 1. The first-order valence-electron chi connectivity index (χ1n) is 14.3. The Bertz CT molecular complexity index is 695. The maximum Gasteiger partial charge on any atom is 0.337 e. The third-order valence-corrected chi connectivity index (χ3v) is 8.01. The molecule has 7 nitrogen and oxygen atoms in total. The highest BCUT2D eigenvalue weighted by atomic mass is 16.4. The Morgan fingerprint density at radius 1 is 0.568 bits per heavy atom. The zero-order valence-corrected chi connectivity index (χ0v) is 24.9. The van der Waals surface area contributed by atoms with Gasteiger partial charge in [0.2, 0.25) is 0 Å². The molecule has 0 amide bonds. The first kappa shape index (κ1) is 35.4. The molecule has 0 saturated heterocycles. The summed E-state index contributed by atoms with van der Waals surface area (Å²) in [4.78, 5) is 38.6. The lowest BCUT2D eigenvalue weighted by molar-refractivity contribution is -0.211. The van der Waals surface area contributed by atoms with Crippen molar-refractivity contribution in [3.05, 3.63) is 0 Å². The summed E-state index contributed by atoms with van der Waals surface area (Å²) in [6, 6.07) is 0. The van der Waals surface area contributed by atoms with E-state index in [1.165, 1.54) is 0 Å². The lowest BCUT2D eigenvalue weighted by Gasteiger charge is -2.47. The van der Waals surface area contributed by atoms with Crippen molar-refractivity contribution in [2.24, 2.45) is 46.8 Å². The molecule has 0 spiro atoms. The second kappa shape index (κ2) is 15.7. The molecule has 218 valence electrons. The van der Waals surface area contributed by atoms with E-state index in [2.05, 4.69) is 41.5 Å². The molecule has 0 radical (unpaired) electrons. The van der Waals surface area contributed by atoms with Gasteiger partial charge in [0.25, 0.3) is 0 Å². The van der Waals surface area contributed by atoms with Crippen LogP contribution in [0.15, 0.2) is 0 Å². The predicted molar refractivity (Wildman–Crippen MR) is 147 cm³/mol. The first-order chi connectivity index (χ1) is 16.9. The van der Waals surface area contributed by atoms with Crippen molar-refractivity contribution in [3.63, 3.8) is 0 Å². The Balaban J connectivity index is 6.75. The number of carbonyl (C=O) groups is 3. The van der Waals surface area contributed by atoms with E-state index in [4.69, 9.17) is 0 Å². The molecular formula is C30H56O7. The van der Waals surface area contributed by atoms with E-state index in [1.54, 1.807) is 0 Å². The topological polar surface area (TPSA) is 132 Å². The minimum atomic E-state index is -2.95. The standard InChI is InChI=1S/C30H56O7/c1-19(2)10-13-22(7)16-25(26(31)32)30(37,28(35)36)29(27(33)34,17-23(8)14-11-20(3)4)18-24(9)15-12-21(5)6/h19-25,37H,10-18H2,1-9H3,(H,31,32)(H,33,34)(H,35,36). The van der Waals surface area contributed by atoms with Crippen LogP contribution in [0.5, 0.6) is 0 Å². The molecule has 37 heavy (non-hydrogen) atoms. The molecule has 5 unspecified atom stereocenters. The van der Waals surface area contributed by atoms with Gasteiger partial charge in [0.1, 0.15) is 5.41 Å². The van der Waals surface area contributed by atoms with Crippen LogP contribution in [0.2, 0.25) is 0 Å². The lowest BCUT2D eigenvalue weighted by Crippen LogP contribution is -2.65. The molecular weight excluding hydrogens is 472 g/mol. The van der Waals surface area contributed by atoms with Gasteiger partial charge < -0.3 is 20.4 Å². The highest BCUT2D eigenvalue weighted by Gasteiger charge is 2.66. The third-order valence-electron chi connectivity index (χ3n) is 8.01. The lowest BCUT2D eigenvalue weighted by atomic mass is 9.57. The summed E-state index contributed by atoms with van der Waals surface area (Å²) in [5.74, 6) is -5.80. The van der Waals surface area contributed by atoms with Crippen molar-refractivity contribution in [1.82, 2.24) is 0 Å². The summed E-state index contributed by atoms with van der Waals surface area (Å²) in [7, 11) is 0. The van der Waals surface area contributed by atoms with Crippen molar-refractivity contribution in [3.8, 4) is 0 Å².